The Kier molecular flexibility index (Phi) is 1.57. The summed E-state index contributed by atoms with van der Waals surface area (Å²) >= 11 is 1.64. The number of halogens is 1. The zero-order valence-electron chi connectivity index (χ0n) is 4.36. The Morgan fingerprint density at radius 2 is 2.29 bits per heavy atom. The Hall–Kier alpha value is 0.280. The molecule has 1 fully saturated rings. The molecule has 0 aliphatic heterocycles. The van der Waals surface area contributed by atoms with Gasteiger partial charge in [-0.2, -0.15) is 11.8 Å². The Labute approximate surface area is 47.5 Å². The molecule has 7 heavy (non-hydrogen) atoms. The summed E-state index contributed by atoms with van der Waals surface area (Å²) in [6, 6.07) is 0. The molecular weight excluding hydrogens is 111 g/mol. The molecule has 0 nitrogen and oxygen atoms in total. The van der Waals surface area contributed by atoms with E-state index in [1.165, 1.54) is 0 Å². The lowest BCUT2D eigenvalue weighted by molar-refractivity contribution is 0.222. The Morgan fingerprint density at radius 3 is 2.29 bits per heavy atom. The molecule has 1 aliphatic carbocycles. The van der Waals surface area contributed by atoms with E-state index < -0.39 is 6.17 Å². The van der Waals surface area contributed by atoms with Crippen molar-refractivity contribution in [1.29, 1.82) is 0 Å². The van der Waals surface area contributed by atoms with Gasteiger partial charge < -0.3 is 0 Å². The van der Waals surface area contributed by atoms with Crippen LogP contribution in [-0.2, 0) is 0 Å². The second-order valence-corrected chi connectivity index (χ2v) is 2.94. The first-order valence-electron chi connectivity index (χ1n) is 2.51. The van der Waals surface area contributed by atoms with E-state index >= 15 is 0 Å². The SMILES string of the molecule is CS[C@@H]1CC[C@H]1F. The summed E-state index contributed by atoms with van der Waals surface area (Å²) in [7, 11) is 0. The van der Waals surface area contributed by atoms with E-state index in [2.05, 4.69) is 0 Å². The molecule has 0 aromatic heterocycles. The van der Waals surface area contributed by atoms with Gasteiger partial charge in [-0.05, 0) is 19.1 Å². The molecule has 0 amide bonds. The highest BCUT2D eigenvalue weighted by atomic mass is 32.2. The first kappa shape index (κ1) is 5.42. The molecule has 1 rings (SSSR count). The topological polar surface area (TPSA) is 0 Å². The minimum absolute atomic E-state index is 0.333. The minimum Gasteiger partial charge on any atom is -0.246 e. The third kappa shape index (κ3) is 0.904. The molecule has 0 heterocycles. The van der Waals surface area contributed by atoms with E-state index in [1.807, 2.05) is 6.26 Å². The Morgan fingerprint density at radius 1 is 1.57 bits per heavy atom. The molecule has 0 N–H and O–H groups in total. The monoisotopic (exact) mass is 120 g/mol. The van der Waals surface area contributed by atoms with Crippen molar-refractivity contribution in [3.8, 4) is 0 Å². The first-order valence-corrected chi connectivity index (χ1v) is 3.80. The van der Waals surface area contributed by atoms with Gasteiger partial charge in [-0.25, -0.2) is 4.39 Å². The fraction of sp³-hybridized carbons (Fsp3) is 1.00. The molecular formula is C5H9FS. The van der Waals surface area contributed by atoms with Crippen LogP contribution in [0.2, 0.25) is 0 Å². The van der Waals surface area contributed by atoms with Crippen LogP contribution in [0, 0.1) is 0 Å². The highest BCUT2D eigenvalue weighted by Crippen LogP contribution is 2.32. The van der Waals surface area contributed by atoms with Crippen molar-refractivity contribution in [2.75, 3.05) is 6.26 Å². The largest absolute Gasteiger partial charge is 0.246 e. The molecule has 2 atom stereocenters. The summed E-state index contributed by atoms with van der Waals surface area (Å²) in [6.45, 7) is 0. The maximum absolute atomic E-state index is 12.2. The average molecular weight is 120 g/mol. The normalized spacial score (nSPS) is 40.3. The maximum atomic E-state index is 12.2. The summed E-state index contributed by atoms with van der Waals surface area (Å²) in [5.41, 5.74) is 0. The molecule has 0 saturated heterocycles. The Balaban J connectivity index is 2.16. The van der Waals surface area contributed by atoms with Crippen LogP contribution in [0.4, 0.5) is 4.39 Å². The fourth-order valence-electron chi connectivity index (χ4n) is 0.694. The van der Waals surface area contributed by atoms with E-state index in [-0.39, 0.29) is 0 Å². The fourth-order valence-corrected chi connectivity index (χ4v) is 1.50. The van der Waals surface area contributed by atoms with E-state index in [9.17, 15) is 4.39 Å². The molecule has 42 valence electrons. The van der Waals surface area contributed by atoms with Crippen molar-refractivity contribution in [3.63, 3.8) is 0 Å². The van der Waals surface area contributed by atoms with Crippen LogP contribution >= 0.6 is 11.8 Å². The van der Waals surface area contributed by atoms with Gasteiger partial charge in [0.05, 0.1) is 0 Å². The average Bonchev–Trinajstić information content (AvgIpc) is 1.65. The molecule has 0 radical (unpaired) electrons. The molecule has 1 aliphatic rings. The number of alkyl halides is 1. The van der Waals surface area contributed by atoms with Gasteiger partial charge >= 0.3 is 0 Å². The zero-order chi connectivity index (χ0) is 5.28. The van der Waals surface area contributed by atoms with Crippen molar-refractivity contribution >= 4 is 11.8 Å². The quantitative estimate of drug-likeness (QED) is 0.509. The zero-order valence-corrected chi connectivity index (χ0v) is 5.17. The van der Waals surface area contributed by atoms with Crippen molar-refractivity contribution < 1.29 is 4.39 Å². The lowest BCUT2D eigenvalue weighted by Crippen LogP contribution is -2.29. The third-order valence-electron chi connectivity index (χ3n) is 1.43. The molecule has 1 saturated carbocycles. The highest BCUT2D eigenvalue weighted by Gasteiger charge is 2.29. The standard InChI is InChI=1S/C5H9FS/c1-7-5-3-2-4(5)6/h4-5H,2-3H2,1H3/t4-,5-/m1/s1. The van der Waals surface area contributed by atoms with Crippen LogP contribution in [-0.4, -0.2) is 17.7 Å². The van der Waals surface area contributed by atoms with Gasteiger partial charge in [-0.1, -0.05) is 0 Å². The summed E-state index contributed by atoms with van der Waals surface area (Å²) in [5.74, 6) is 0. The highest BCUT2D eigenvalue weighted by molar-refractivity contribution is 7.99. The van der Waals surface area contributed by atoms with E-state index in [0.29, 0.717) is 5.25 Å². The molecule has 0 unspecified atom stereocenters. The van der Waals surface area contributed by atoms with E-state index in [4.69, 9.17) is 0 Å². The summed E-state index contributed by atoms with van der Waals surface area (Å²) in [4.78, 5) is 0. The minimum atomic E-state index is -0.491. The van der Waals surface area contributed by atoms with Crippen LogP contribution in [0.3, 0.4) is 0 Å². The van der Waals surface area contributed by atoms with E-state index in [1.54, 1.807) is 11.8 Å². The number of hydrogen-bond acceptors (Lipinski definition) is 1. The van der Waals surface area contributed by atoms with Gasteiger partial charge in [-0.3, -0.25) is 0 Å². The number of hydrogen-bond donors (Lipinski definition) is 0. The molecule has 0 aromatic rings. The van der Waals surface area contributed by atoms with Gasteiger partial charge in [0.25, 0.3) is 0 Å². The number of thioether (sulfide) groups is 1. The molecule has 0 bridgehead atoms. The van der Waals surface area contributed by atoms with Gasteiger partial charge in [0.1, 0.15) is 6.17 Å². The smallest absolute Gasteiger partial charge is 0.112 e. The predicted molar refractivity (Wildman–Crippen MR) is 31.4 cm³/mol. The summed E-state index contributed by atoms with van der Waals surface area (Å²) in [6.07, 6.45) is 3.36. The molecule has 0 spiro atoms. The Bertz CT molecular complexity index is 63.1. The van der Waals surface area contributed by atoms with Crippen LogP contribution in [0.1, 0.15) is 12.8 Å². The van der Waals surface area contributed by atoms with Crippen LogP contribution in [0.25, 0.3) is 0 Å². The lowest BCUT2D eigenvalue weighted by atomic mass is 9.97. The van der Waals surface area contributed by atoms with Crippen molar-refractivity contribution in [2.45, 2.75) is 24.3 Å². The van der Waals surface area contributed by atoms with Gasteiger partial charge in [-0.15, -0.1) is 0 Å². The second-order valence-electron chi connectivity index (χ2n) is 1.87. The second kappa shape index (κ2) is 2.03. The molecule has 2 heteroatoms. The van der Waals surface area contributed by atoms with Gasteiger partial charge in [0, 0.05) is 5.25 Å². The molecule has 0 aromatic carbocycles. The van der Waals surface area contributed by atoms with Crippen LogP contribution in [0.5, 0.6) is 0 Å². The van der Waals surface area contributed by atoms with Crippen LogP contribution in [0.15, 0.2) is 0 Å². The van der Waals surface area contributed by atoms with Crippen molar-refractivity contribution in [1.82, 2.24) is 0 Å². The number of rotatable bonds is 1. The predicted octanol–water partition coefficient (Wildman–Crippen LogP) is 1.85. The summed E-state index contributed by atoms with van der Waals surface area (Å²) in [5, 5.41) is 0.333. The lowest BCUT2D eigenvalue weighted by Gasteiger charge is -2.27. The third-order valence-corrected chi connectivity index (χ3v) is 2.57. The van der Waals surface area contributed by atoms with Crippen LogP contribution < -0.4 is 0 Å². The van der Waals surface area contributed by atoms with E-state index in [0.717, 1.165) is 12.8 Å². The first-order chi connectivity index (χ1) is 3.34. The summed E-state index contributed by atoms with van der Waals surface area (Å²) < 4.78 is 12.2. The van der Waals surface area contributed by atoms with Gasteiger partial charge in [0.2, 0.25) is 0 Å². The van der Waals surface area contributed by atoms with Crippen molar-refractivity contribution in [2.24, 2.45) is 0 Å². The maximum Gasteiger partial charge on any atom is 0.112 e. The van der Waals surface area contributed by atoms with Gasteiger partial charge in [0.15, 0.2) is 0 Å². The van der Waals surface area contributed by atoms with Crippen molar-refractivity contribution in [3.05, 3.63) is 0 Å².